The van der Waals surface area contributed by atoms with Crippen LogP contribution < -0.4 is 10.6 Å². The number of hydrogen-bond acceptors (Lipinski definition) is 4. The summed E-state index contributed by atoms with van der Waals surface area (Å²) < 4.78 is 0. The molecule has 1 aliphatic rings. The van der Waals surface area contributed by atoms with E-state index in [0.717, 1.165) is 29.6 Å². The van der Waals surface area contributed by atoms with Crippen LogP contribution in [-0.4, -0.2) is 16.0 Å². The summed E-state index contributed by atoms with van der Waals surface area (Å²) in [5.41, 5.74) is 3.39. The van der Waals surface area contributed by atoms with Crippen molar-refractivity contribution >= 4 is 17.5 Å². The number of hydrogen-bond donors (Lipinski definition) is 2. The Labute approximate surface area is 132 Å². The lowest BCUT2D eigenvalue weighted by atomic mass is 10.1. The Bertz CT molecular complexity index is 633. The highest BCUT2D eigenvalue weighted by molar-refractivity contribution is 5.61. The van der Waals surface area contributed by atoms with E-state index in [2.05, 4.69) is 45.7 Å². The summed E-state index contributed by atoms with van der Waals surface area (Å²) in [5, 5.41) is 6.91. The number of nitrogens with one attached hydrogen (secondary N) is 2. The lowest BCUT2D eigenvalue weighted by molar-refractivity contribution is 0.743. The second-order valence-corrected chi connectivity index (χ2v) is 5.98. The fraction of sp³-hybridized carbons (Fsp3) is 0.444. The molecular weight excluding hydrogens is 272 g/mol. The lowest BCUT2D eigenvalue weighted by Crippen LogP contribution is -2.17. The Morgan fingerprint density at radius 2 is 1.91 bits per heavy atom. The maximum absolute atomic E-state index is 4.63. The summed E-state index contributed by atoms with van der Waals surface area (Å²) in [6.45, 7) is 4.18. The summed E-state index contributed by atoms with van der Waals surface area (Å²) in [7, 11) is 0. The molecule has 1 heterocycles. The molecule has 1 aliphatic carbocycles. The van der Waals surface area contributed by atoms with Crippen molar-refractivity contribution in [1.29, 1.82) is 0 Å². The lowest BCUT2D eigenvalue weighted by Gasteiger charge is -2.15. The first-order valence-electron chi connectivity index (χ1n) is 8.21. The molecule has 0 saturated heterocycles. The fourth-order valence-corrected chi connectivity index (χ4v) is 3.04. The summed E-state index contributed by atoms with van der Waals surface area (Å²) in [6, 6.07) is 10.9. The largest absolute Gasteiger partial charge is 0.351 e. The number of aryl methyl sites for hydroxylation is 2. The highest BCUT2D eigenvalue weighted by atomic mass is 15.2. The van der Waals surface area contributed by atoms with Gasteiger partial charge in [0.25, 0.3) is 0 Å². The second kappa shape index (κ2) is 6.77. The van der Waals surface area contributed by atoms with Gasteiger partial charge in [0.1, 0.15) is 5.82 Å². The Hall–Kier alpha value is -2.10. The maximum Gasteiger partial charge on any atom is 0.225 e. The monoisotopic (exact) mass is 296 g/mol. The number of para-hydroxylation sites is 1. The van der Waals surface area contributed by atoms with E-state index in [1.54, 1.807) is 0 Å². The first-order chi connectivity index (χ1) is 10.7. The zero-order chi connectivity index (χ0) is 15.4. The normalized spacial score (nSPS) is 15.0. The molecule has 0 unspecified atom stereocenters. The van der Waals surface area contributed by atoms with E-state index < -0.39 is 0 Å². The molecule has 116 valence electrons. The van der Waals surface area contributed by atoms with Crippen LogP contribution in [0.3, 0.4) is 0 Å². The van der Waals surface area contributed by atoms with Crippen molar-refractivity contribution in [3.8, 4) is 0 Å². The fourth-order valence-electron chi connectivity index (χ4n) is 3.04. The third-order valence-electron chi connectivity index (χ3n) is 4.20. The number of nitrogens with zero attached hydrogens (tertiary/aromatic N) is 2. The quantitative estimate of drug-likeness (QED) is 0.856. The highest BCUT2D eigenvalue weighted by Crippen LogP contribution is 2.24. The molecule has 4 heteroatoms. The standard InChI is InChI=1S/C18H24N4/c1-3-14-8-4-7-11-16(14)21-17-12-13(2)19-18(22-17)20-15-9-5-6-10-15/h4,7-8,11-12,15H,3,5-6,9-10H2,1-2H3,(H2,19,20,21,22). The Morgan fingerprint density at radius 3 is 2.68 bits per heavy atom. The molecule has 0 spiro atoms. The van der Waals surface area contributed by atoms with Gasteiger partial charge in [0.15, 0.2) is 0 Å². The molecule has 1 aromatic heterocycles. The van der Waals surface area contributed by atoms with Crippen molar-refractivity contribution in [2.75, 3.05) is 10.6 Å². The van der Waals surface area contributed by atoms with Crippen molar-refractivity contribution in [2.24, 2.45) is 0 Å². The smallest absolute Gasteiger partial charge is 0.225 e. The molecule has 0 radical (unpaired) electrons. The van der Waals surface area contributed by atoms with Crippen LogP contribution >= 0.6 is 0 Å². The SMILES string of the molecule is CCc1ccccc1Nc1cc(C)nc(NC2CCCC2)n1. The molecule has 4 nitrogen and oxygen atoms in total. The molecule has 0 amide bonds. The van der Waals surface area contributed by atoms with Crippen LogP contribution in [0.1, 0.15) is 43.9 Å². The van der Waals surface area contributed by atoms with E-state index in [9.17, 15) is 0 Å². The average Bonchev–Trinajstić information content (AvgIpc) is 3.00. The van der Waals surface area contributed by atoms with Crippen molar-refractivity contribution in [3.63, 3.8) is 0 Å². The van der Waals surface area contributed by atoms with E-state index in [1.807, 2.05) is 19.1 Å². The van der Waals surface area contributed by atoms with Gasteiger partial charge in [-0.3, -0.25) is 0 Å². The van der Waals surface area contributed by atoms with Crippen molar-refractivity contribution in [1.82, 2.24) is 9.97 Å². The minimum absolute atomic E-state index is 0.526. The zero-order valence-electron chi connectivity index (χ0n) is 13.4. The zero-order valence-corrected chi connectivity index (χ0v) is 13.4. The van der Waals surface area contributed by atoms with Gasteiger partial charge in [-0.15, -0.1) is 0 Å². The topological polar surface area (TPSA) is 49.8 Å². The molecular formula is C18H24N4. The van der Waals surface area contributed by atoms with Crippen molar-refractivity contribution in [3.05, 3.63) is 41.6 Å². The van der Waals surface area contributed by atoms with Gasteiger partial charge >= 0.3 is 0 Å². The number of aromatic nitrogens is 2. The van der Waals surface area contributed by atoms with Gasteiger partial charge in [0.2, 0.25) is 5.95 Å². The highest BCUT2D eigenvalue weighted by Gasteiger charge is 2.16. The summed E-state index contributed by atoms with van der Waals surface area (Å²) in [5.74, 6) is 1.59. The predicted octanol–water partition coefficient (Wildman–Crippen LogP) is 4.45. The Balaban J connectivity index is 1.79. The summed E-state index contributed by atoms with van der Waals surface area (Å²) >= 11 is 0. The van der Waals surface area contributed by atoms with Crippen molar-refractivity contribution < 1.29 is 0 Å². The second-order valence-electron chi connectivity index (χ2n) is 5.98. The summed E-state index contributed by atoms with van der Waals surface area (Å²) in [6.07, 6.45) is 6.05. The molecule has 22 heavy (non-hydrogen) atoms. The molecule has 0 aliphatic heterocycles. The van der Waals surface area contributed by atoms with Crippen LogP contribution in [0.25, 0.3) is 0 Å². The Kier molecular flexibility index (Phi) is 4.56. The van der Waals surface area contributed by atoms with Crippen LogP contribution in [0.2, 0.25) is 0 Å². The third-order valence-corrected chi connectivity index (χ3v) is 4.20. The first-order valence-corrected chi connectivity index (χ1v) is 8.21. The maximum atomic E-state index is 4.63. The summed E-state index contributed by atoms with van der Waals surface area (Å²) in [4.78, 5) is 9.15. The van der Waals surface area contributed by atoms with Gasteiger partial charge in [-0.05, 0) is 37.8 Å². The van der Waals surface area contributed by atoms with E-state index in [-0.39, 0.29) is 0 Å². The number of rotatable bonds is 5. The number of benzene rings is 1. The number of anilines is 3. The van der Waals surface area contributed by atoms with E-state index in [4.69, 9.17) is 0 Å². The molecule has 3 rings (SSSR count). The molecule has 0 atom stereocenters. The van der Waals surface area contributed by atoms with Gasteiger partial charge in [0, 0.05) is 23.5 Å². The van der Waals surface area contributed by atoms with Gasteiger partial charge in [-0.25, -0.2) is 4.98 Å². The molecule has 1 fully saturated rings. The van der Waals surface area contributed by atoms with E-state index >= 15 is 0 Å². The van der Waals surface area contributed by atoms with Gasteiger partial charge in [-0.2, -0.15) is 4.98 Å². The van der Waals surface area contributed by atoms with Crippen LogP contribution in [0.4, 0.5) is 17.5 Å². The van der Waals surface area contributed by atoms with Crippen LogP contribution in [-0.2, 0) is 6.42 Å². The average molecular weight is 296 g/mol. The van der Waals surface area contributed by atoms with Crippen molar-refractivity contribution in [2.45, 2.75) is 52.0 Å². The van der Waals surface area contributed by atoms with Gasteiger partial charge in [0.05, 0.1) is 0 Å². The van der Waals surface area contributed by atoms with Gasteiger partial charge < -0.3 is 10.6 Å². The van der Waals surface area contributed by atoms with E-state index in [1.165, 1.54) is 31.2 Å². The minimum Gasteiger partial charge on any atom is -0.351 e. The Morgan fingerprint density at radius 1 is 1.14 bits per heavy atom. The van der Waals surface area contributed by atoms with E-state index in [0.29, 0.717) is 6.04 Å². The molecule has 1 saturated carbocycles. The molecule has 2 aromatic rings. The molecule has 0 bridgehead atoms. The molecule has 2 N–H and O–H groups in total. The van der Waals surface area contributed by atoms with Crippen LogP contribution in [0, 0.1) is 6.92 Å². The minimum atomic E-state index is 0.526. The first kappa shape index (κ1) is 14.8. The van der Waals surface area contributed by atoms with Crippen LogP contribution in [0.15, 0.2) is 30.3 Å². The molecule has 1 aromatic carbocycles. The predicted molar refractivity (Wildman–Crippen MR) is 91.8 cm³/mol. The van der Waals surface area contributed by atoms with Gasteiger partial charge in [-0.1, -0.05) is 38.0 Å². The third kappa shape index (κ3) is 3.56. The van der Waals surface area contributed by atoms with Crippen LogP contribution in [0.5, 0.6) is 0 Å².